The molecule has 24 heavy (non-hydrogen) atoms. The molecule has 1 amide bonds. The lowest BCUT2D eigenvalue weighted by Gasteiger charge is -2.23. The maximum atomic E-state index is 12.6. The molecule has 0 saturated heterocycles. The van der Waals surface area contributed by atoms with Gasteiger partial charge in [0.25, 0.3) is 0 Å². The lowest BCUT2D eigenvalue weighted by Crippen LogP contribution is -2.27. The SMILES string of the molecule is [CH2]CCCCCOC(=O)N(c1ccccc1)c1ccc(Cl)c(C)c1. The van der Waals surface area contributed by atoms with Gasteiger partial charge in [0.15, 0.2) is 0 Å². The van der Waals surface area contributed by atoms with Gasteiger partial charge in [0.1, 0.15) is 0 Å². The lowest BCUT2D eigenvalue weighted by molar-refractivity contribution is 0.154. The number of unbranched alkanes of at least 4 members (excludes halogenated alkanes) is 3. The zero-order chi connectivity index (χ0) is 17.4. The topological polar surface area (TPSA) is 29.5 Å². The normalized spacial score (nSPS) is 10.5. The van der Waals surface area contributed by atoms with E-state index in [0.29, 0.717) is 11.6 Å². The van der Waals surface area contributed by atoms with Gasteiger partial charge in [0, 0.05) is 5.02 Å². The Labute approximate surface area is 149 Å². The molecule has 0 unspecified atom stereocenters. The van der Waals surface area contributed by atoms with E-state index in [0.717, 1.165) is 42.6 Å². The van der Waals surface area contributed by atoms with E-state index < -0.39 is 0 Å². The van der Waals surface area contributed by atoms with Crippen LogP contribution in [-0.2, 0) is 4.74 Å². The number of amides is 1. The Kier molecular flexibility index (Phi) is 7.13. The summed E-state index contributed by atoms with van der Waals surface area (Å²) in [6.07, 6.45) is 3.45. The van der Waals surface area contributed by atoms with Crippen molar-refractivity contribution < 1.29 is 9.53 Å². The highest BCUT2D eigenvalue weighted by molar-refractivity contribution is 6.31. The summed E-state index contributed by atoms with van der Waals surface area (Å²) in [5.74, 6) is 0. The van der Waals surface area contributed by atoms with Gasteiger partial charge in [0.05, 0.1) is 18.0 Å². The van der Waals surface area contributed by atoms with Gasteiger partial charge in [-0.05, 0) is 49.2 Å². The van der Waals surface area contributed by atoms with E-state index in [1.54, 1.807) is 11.0 Å². The predicted octanol–water partition coefficient (Wildman–Crippen LogP) is 6.32. The van der Waals surface area contributed by atoms with Gasteiger partial charge in [-0.15, -0.1) is 0 Å². The van der Waals surface area contributed by atoms with Crippen LogP contribution in [-0.4, -0.2) is 12.7 Å². The van der Waals surface area contributed by atoms with Gasteiger partial charge in [-0.2, -0.15) is 0 Å². The van der Waals surface area contributed by atoms with Crippen LogP contribution in [0.4, 0.5) is 16.2 Å². The van der Waals surface area contributed by atoms with Crippen molar-refractivity contribution in [2.75, 3.05) is 11.5 Å². The first kappa shape index (κ1) is 18.3. The van der Waals surface area contributed by atoms with Gasteiger partial charge in [-0.3, -0.25) is 0 Å². The summed E-state index contributed by atoms with van der Waals surface area (Å²) >= 11 is 6.10. The second-order valence-electron chi connectivity index (χ2n) is 5.63. The number of hydrogen-bond donors (Lipinski definition) is 0. The molecule has 2 aromatic carbocycles. The average molecular weight is 345 g/mol. The van der Waals surface area contributed by atoms with Crippen molar-refractivity contribution in [3.05, 3.63) is 66.0 Å². The number of carbonyl (C=O) groups excluding carboxylic acids is 1. The van der Waals surface area contributed by atoms with E-state index in [1.807, 2.05) is 49.4 Å². The van der Waals surface area contributed by atoms with E-state index in [-0.39, 0.29) is 6.09 Å². The lowest BCUT2D eigenvalue weighted by atomic mass is 10.2. The number of benzene rings is 2. The Morgan fingerprint density at radius 1 is 1.08 bits per heavy atom. The summed E-state index contributed by atoms with van der Waals surface area (Å²) in [6.45, 7) is 6.14. The molecule has 4 heteroatoms. The average Bonchev–Trinajstić information content (AvgIpc) is 2.59. The molecule has 0 fully saturated rings. The molecule has 0 N–H and O–H groups in total. The molecule has 0 aliphatic rings. The van der Waals surface area contributed by atoms with Crippen molar-refractivity contribution in [1.82, 2.24) is 0 Å². The number of rotatable bonds is 7. The van der Waals surface area contributed by atoms with Gasteiger partial charge >= 0.3 is 6.09 Å². The monoisotopic (exact) mass is 344 g/mol. The predicted molar refractivity (Wildman–Crippen MR) is 99.9 cm³/mol. The Morgan fingerprint density at radius 2 is 1.83 bits per heavy atom. The highest BCUT2D eigenvalue weighted by Crippen LogP contribution is 2.29. The van der Waals surface area contributed by atoms with Crippen molar-refractivity contribution in [3.8, 4) is 0 Å². The van der Waals surface area contributed by atoms with Crippen molar-refractivity contribution >= 4 is 29.1 Å². The van der Waals surface area contributed by atoms with Crippen LogP contribution in [0.2, 0.25) is 5.02 Å². The molecule has 0 spiro atoms. The zero-order valence-electron chi connectivity index (χ0n) is 14.0. The molecule has 3 nitrogen and oxygen atoms in total. The minimum atomic E-state index is -0.377. The molecule has 0 aliphatic carbocycles. The van der Waals surface area contributed by atoms with E-state index in [1.165, 1.54) is 0 Å². The number of para-hydroxylation sites is 1. The molecule has 0 aromatic heterocycles. The Balaban J connectivity index is 2.17. The number of halogens is 1. The number of carbonyl (C=O) groups is 1. The summed E-state index contributed by atoms with van der Waals surface area (Å²) in [4.78, 5) is 14.2. The van der Waals surface area contributed by atoms with Gasteiger partial charge in [0.2, 0.25) is 0 Å². The largest absolute Gasteiger partial charge is 0.449 e. The van der Waals surface area contributed by atoms with Crippen LogP contribution in [0.15, 0.2) is 48.5 Å². The van der Waals surface area contributed by atoms with E-state index in [9.17, 15) is 4.79 Å². The number of hydrogen-bond acceptors (Lipinski definition) is 2. The first-order valence-electron chi connectivity index (χ1n) is 8.21. The molecule has 0 saturated carbocycles. The van der Waals surface area contributed by atoms with Gasteiger partial charge in [-0.25, -0.2) is 9.69 Å². The van der Waals surface area contributed by atoms with Crippen LogP contribution < -0.4 is 4.90 Å². The first-order valence-corrected chi connectivity index (χ1v) is 8.58. The van der Waals surface area contributed by atoms with Crippen molar-refractivity contribution in [2.45, 2.75) is 32.6 Å². The maximum absolute atomic E-state index is 12.6. The fourth-order valence-electron chi connectivity index (χ4n) is 2.38. The second-order valence-corrected chi connectivity index (χ2v) is 6.04. The third kappa shape index (κ3) is 5.00. The molecular weight excluding hydrogens is 322 g/mol. The summed E-state index contributed by atoms with van der Waals surface area (Å²) in [5.41, 5.74) is 2.42. The quantitative estimate of drug-likeness (QED) is 0.550. The molecule has 0 heterocycles. The molecule has 0 atom stereocenters. The number of nitrogens with zero attached hydrogens (tertiary/aromatic N) is 1. The minimum absolute atomic E-state index is 0.377. The number of aryl methyl sites for hydroxylation is 1. The summed E-state index contributed by atoms with van der Waals surface area (Å²) in [7, 11) is 0. The van der Waals surface area contributed by atoms with Crippen molar-refractivity contribution in [1.29, 1.82) is 0 Å². The van der Waals surface area contributed by atoms with Crippen LogP contribution in [0.25, 0.3) is 0 Å². The fourth-order valence-corrected chi connectivity index (χ4v) is 2.50. The maximum Gasteiger partial charge on any atom is 0.418 e. The first-order chi connectivity index (χ1) is 11.6. The van der Waals surface area contributed by atoms with Gasteiger partial charge < -0.3 is 4.74 Å². The molecule has 2 aromatic rings. The Bertz CT molecular complexity index is 658. The van der Waals surface area contributed by atoms with Crippen LogP contribution >= 0.6 is 11.6 Å². The Hall–Kier alpha value is -2.00. The van der Waals surface area contributed by atoms with Crippen molar-refractivity contribution in [2.24, 2.45) is 0 Å². The smallest absolute Gasteiger partial charge is 0.418 e. The van der Waals surface area contributed by atoms with Crippen LogP contribution in [0, 0.1) is 13.8 Å². The van der Waals surface area contributed by atoms with Crippen LogP contribution in [0.1, 0.15) is 31.2 Å². The summed E-state index contributed by atoms with van der Waals surface area (Å²) < 4.78 is 5.46. The second kappa shape index (κ2) is 9.33. The fraction of sp³-hybridized carbons (Fsp3) is 0.300. The van der Waals surface area contributed by atoms with Crippen molar-refractivity contribution in [3.63, 3.8) is 0 Å². The van der Waals surface area contributed by atoms with Crippen LogP contribution in [0.3, 0.4) is 0 Å². The summed E-state index contributed by atoms with van der Waals surface area (Å²) in [5, 5.41) is 0.674. The van der Waals surface area contributed by atoms with E-state index in [4.69, 9.17) is 16.3 Å². The standard InChI is InChI=1S/C20H23ClNO2/c1-3-4-5-9-14-24-20(23)22(17-10-7-6-8-11-17)18-12-13-19(21)16(2)15-18/h6-8,10-13,15H,1,3-5,9,14H2,2H3. The minimum Gasteiger partial charge on any atom is -0.449 e. The third-order valence-corrected chi connectivity index (χ3v) is 4.14. The molecule has 2 rings (SSSR count). The number of anilines is 2. The molecule has 0 bridgehead atoms. The molecular formula is C20H23ClNO2. The van der Waals surface area contributed by atoms with E-state index in [2.05, 4.69) is 6.92 Å². The van der Waals surface area contributed by atoms with Crippen LogP contribution in [0.5, 0.6) is 0 Å². The highest BCUT2D eigenvalue weighted by atomic mass is 35.5. The summed E-state index contributed by atoms with van der Waals surface area (Å²) in [6, 6.07) is 15.0. The molecule has 1 radical (unpaired) electrons. The molecule has 127 valence electrons. The highest BCUT2D eigenvalue weighted by Gasteiger charge is 2.19. The van der Waals surface area contributed by atoms with Gasteiger partial charge in [-0.1, -0.05) is 56.0 Å². The van der Waals surface area contributed by atoms with E-state index >= 15 is 0 Å². The molecule has 0 aliphatic heterocycles. The Morgan fingerprint density at radius 3 is 2.50 bits per heavy atom. The third-order valence-electron chi connectivity index (χ3n) is 3.72. The zero-order valence-corrected chi connectivity index (χ0v) is 14.8. The number of ether oxygens (including phenoxy) is 1.